The minimum Gasteiger partial charge on any atom is -0.339 e. The molecule has 0 radical (unpaired) electrons. The van der Waals surface area contributed by atoms with Gasteiger partial charge in [-0.1, -0.05) is 13.8 Å². The molecular formula is C13H24ClN3O2. The summed E-state index contributed by atoms with van der Waals surface area (Å²) in [5.41, 5.74) is 5.85. The van der Waals surface area contributed by atoms with Gasteiger partial charge in [0.2, 0.25) is 11.8 Å². The third-order valence-corrected chi connectivity index (χ3v) is 3.87. The fourth-order valence-corrected chi connectivity index (χ4v) is 2.92. The lowest BCUT2D eigenvalue weighted by molar-refractivity contribution is -0.144. The smallest absolute Gasteiger partial charge is 0.245 e. The zero-order chi connectivity index (χ0) is 13.3. The summed E-state index contributed by atoms with van der Waals surface area (Å²) in [6.45, 7) is 6.08. The van der Waals surface area contributed by atoms with Crippen LogP contribution in [0.5, 0.6) is 0 Å². The number of nitrogens with two attached hydrogens (primary N) is 1. The van der Waals surface area contributed by atoms with E-state index < -0.39 is 0 Å². The third-order valence-electron chi connectivity index (χ3n) is 3.87. The Kier molecular flexibility index (Phi) is 5.62. The first kappa shape index (κ1) is 16.2. The van der Waals surface area contributed by atoms with Crippen LogP contribution in [-0.4, -0.2) is 53.3 Å². The topological polar surface area (TPSA) is 66.6 Å². The van der Waals surface area contributed by atoms with E-state index in [-0.39, 0.29) is 42.2 Å². The highest BCUT2D eigenvalue weighted by Crippen LogP contribution is 2.22. The molecule has 0 spiro atoms. The summed E-state index contributed by atoms with van der Waals surface area (Å²) in [5, 5.41) is 0. The number of hydrogen-bond acceptors (Lipinski definition) is 3. The standard InChI is InChI=1S/C13H23N3O2.ClH/c1-9(2)12(16-6-3-4-11(16)17)13(18)15-7-5-10(14)8-15;/h9-10,12H,3-8,14H2,1-2H3;1H/t10-,12?;/m1./s1. The molecule has 0 saturated carbocycles. The largest absolute Gasteiger partial charge is 0.339 e. The molecule has 0 aromatic heterocycles. The Labute approximate surface area is 120 Å². The van der Waals surface area contributed by atoms with Gasteiger partial charge in [0.25, 0.3) is 0 Å². The van der Waals surface area contributed by atoms with Crippen molar-refractivity contribution >= 4 is 24.2 Å². The summed E-state index contributed by atoms with van der Waals surface area (Å²) < 4.78 is 0. The lowest BCUT2D eigenvalue weighted by Gasteiger charge is -2.33. The van der Waals surface area contributed by atoms with E-state index in [9.17, 15) is 9.59 Å². The van der Waals surface area contributed by atoms with E-state index in [1.54, 1.807) is 4.90 Å². The molecule has 0 bridgehead atoms. The summed E-state index contributed by atoms with van der Waals surface area (Å²) in [6, 6.07) is -0.207. The van der Waals surface area contributed by atoms with E-state index in [4.69, 9.17) is 5.73 Å². The summed E-state index contributed by atoms with van der Waals surface area (Å²) in [6.07, 6.45) is 2.31. The molecular weight excluding hydrogens is 266 g/mol. The van der Waals surface area contributed by atoms with E-state index in [0.717, 1.165) is 19.4 Å². The molecule has 0 aromatic rings. The van der Waals surface area contributed by atoms with Crippen molar-refractivity contribution in [3.63, 3.8) is 0 Å². The van der Waals surface area contributed by atoms with Gasteiger partial charge in [-0.25, -0.2) is 0 Å². The van der Waals surface area contributed by atoms with E-state index in [1.807, 2.05) is 18.7 Å². The second kappa shape index (κ2) is 6.57. The SMILES string of the molecule is CC(C)C(C(=O)N1CC[C@@H](N)C1)N1CCCC1=O.Cl. The molecule has 5 nitrogen and oxygen atoms in total. The van der Waals surface area contributed by atoms with Gasteiger partial charge in [-0.15, -0.1) is 12.4 Å². The van der Waals surface area contributed by atoms with Crippen molar-refractivity contribution in [3.05, 3.63) is 0 Å². The zero-order valence-corrected chi connectivity index (χ0v) is 12.5. The van der Waals surface area contributed by atoms with Crippen LogP contribution in [-0.2, 0) is 9.59 Å². The van der Waals surface area contributed by atoms with Crippen molar-refractivity contribution in [2.75, 3.05) is 19.6 Å². The Morgan fingerprint density at radius 2 is 2.05 bits per heavy atom. The van der Waals surface area contributed by atoms with E-state index in [1.165, 1.54) is 0 Å². The molecule has 2 aliphatic rings. The first-order chi connectivity index (χ1) is 8.50. The van der Waals surface area contributed by atoms with Crippen LogP contribution in [0.2, 0.25) is 0 Å². The summed E-state index contributed by atoms with van der Waals surface area (Å²) in [5.74, 6) is 0.343. The van der Waals surface area contributed by atoms with Crippen LogP contribution in [0.3, 0.4) is 0 Å². The summed E-state index contributed by atoms with van der Waals surface area (Å²) in [7, 11) is 0. The maximum atomic E-state index is 12.5. The number of nitrogens with zero attached hydrogens (tertiary/aromatic N) is 2. The molecule has 2 N–H and O–H groups in total. The number of carbonyl (C=O) groups excluding carboxylic acids is 2. The van der Waals surface area contributed by atoms with E-state index >= 15 is 0 Å². The van der Waals surface area contributed by atoms with Crippen molar-refractivity contribution < 1.29 is 9.59 Å². The van der Waals surface area contributed by atoms with Gasteiger partial charge in [0.05, 0.1) is 0 Å². The van der Waals surface area contributed by atoms with Gasteiger partial charge in [0, 0.05) is 32.1 Å². The first-order valence-corrected chi connectivity index (χ1v) is 6.84. The summed E-state index contributed by atoms with van der Waals surface area (Å²) in [4.78, 5) is 28.0. The normalized spacial score (nSPS) is 24.8. The highest BCUT2D eigenvalue weighted by atomic mass is 35.5. The fraction of sp³-hybridized carbons (Fsp3) is 0.846. The minimum atomic E-state index is -0.301. The Morgan fingerprint density at radius 1 is 1.37 bits per heavy atom. The molecule has 0 aliphatic carbocycles. The molecule has 1 unspecified atom stereocenters. The average Bonchev–Trinajstić information content (AvgIpc) is 2.88. The molecule has 2 atom stereocenters. The number of likely N-dealkylation sites (tertiary alicyclic amines) is 2. The van der Waals surface area contributed by atoms with Gasteiger partial charge in [0.1, 0.15) is 6.04 Å². The lowest BCUT2D eigenvalue weighted by atomic mass is 10.0. The van der Waals surface area contributed by atoms with Crippen LogP contribution >= 0.6 is 12.4 Å². The fourth-order valence-electron chi connectivity index (χ4n) is 2.92. The Morgan fingerprint density at radius 3 is 2.47 bits per heavy atom. The minimum absolute atomic E-state index is 0. The second-order valence-corrected chi connectivity index (χ2v) is 5.71. The van der Waals surface area contributed by atoms with Crippen molar-refractivity contribution in [1.82, 2.24) is 9.80 Å². The molecule has 2 heterocycles. The molecule has 2 fully saturated rings. The molecule has 19 heavy (non-hydrogen) atoms. The van der Waals surface area contributed by atoms with Crippen molar-refractivity contribution in [3.8, 4) is 0 Å². The van der Waals surface area contributed by atoms with Crippen LogP contribution in [0.25, 0.3) is 0 Å². The number of amides is 2. The predicted octanol–water partition coefficient (Wildman–Crippen LogP) is 0.615. The monoisotopic (exact) mass is 289 g/mol. The third kappa shape index (κ3) is 3.39. The zero-order valence-electron chi connectivity index (χ0n) is 11.7. The molecule has 2 saturated heterocycles. The average molecular weight is 290 g/mol. The maximum absolute atomic E-state index is 12.5. The van der Waals surface area contributed by atoms with Crippen LogP contribution in [0.4, 0.5) is 0 Å². The predicted molar refractivity (Wildman–Crippen MR) is 76.0 cm³/mol. The number of carbonyl (C=O) groups is 2. The van der Waals surface area contributed by atoms with Crippen LogP contribution in [0.15, 0.2) is 0 Å². The van der Waals surface area contributed by atoms with Gasteiger partial charge in [-0.05, 0) is 18.8 Å². The molecule has 2 amide bonds. The maximum Gasteiger partial charge on any atom is 0.245 e. The van der Waals surface area contributed by atoms with Crippen LogP contribution in [0, 0.1) is 5.92 Å². The first-order valence-electron chi connectivity index (χ1n) is 6.84. The molecule has 0 aromatic carbocycles. The number of hydrogen-bond donors (Lipinski definition) is 1. The van der Waals surface area contributed by atoms with Gasteiger partial charge in [0.15, 0.2) is 0 Å². The molecule has 2 aliphatic heterocycles. The molecule has 6 heteroatoms. The van der Waals surface area contributed by atoms with Crippen LogP contribution < -0.4 is 5.73 Å². The molecule has 2 rings (SSSR count). The Bertz CT molecular complexity index is 349. The van der Waals surface area contributed by atoms with Gasteiger partial charge >= 0.3 is 0 Å². The molecule has 110 valence electrons. The Hall–Kier alpha value is -0.810. The van der Waals surface area contributed by atoms with Crippen molar-refractivity contribution in [1.29, 1.82) is 0 Å². The summed E-state index contributed by atoms with van der Waals surface area (Å²) >= 11 is 0. The quantitative estimate of drug-likeness (QED) is 0.828. The van der Waals surface area contributed by atoms with Gasteiger partial charge < -0.3 is 15.5 Å². The number of halogens is 1. The van der Waals surface area contributed by atoms with E-state index in [2.05, 4.69) is 0 Å². The van der Waals surface area contributed by atoms with Gasteiger partial charge in [-0.3, -0.25) is 9.59 Å². The van der Waals surface area contributed by atoms with E-state index in [0.29, 0.717) is 19.5 Å². The lowest BCUT2D eigenvalue weighted by Crippen LogP contribution is -2.51. The van der Waals surface area contributed by atoms with Crippen molar-refractivity contribution in [2.45, 2.75) is 45.2 Å². The van der Waals surface area contributed by atoms with Crippen molar-refractivity contribution in [2.24, 2.45) is 11.7 Å². The highest BCUT2D eigenvalue weighted by Gasteiger charge is 2.38. The Balaban J connectivity index is 0.00000180. The second-order valence-electron chi connectivity index (χ2n) is 5.71. The van der Waals surface area contributed by atoms with Crippen LogP contribution in [0.1, 0.15) is 33.1 Å². The van der Waals surface area contributed by atoms with Gasteiger partial charge in [-0.2, -0.15) is 0 Å². The highest BCUT2D eigenvalue weighted by molar-refractivity contribution is 5.89. The number of rotatable bonds is 3.